The predicted molar refractivity (Wildman–Crippen MR) is 93.9 cm³/mol. The van der Waals surface area contributed by atoms with Gasteiger partial charge in [-0.15, -0.1) is 0 Å². The minimum atomic E-state index is -0.469. The number of halogens is 1. The Morgan fingerprint density at radius 1 is 1.00 bits per heavy atom. The van der Waals surface area contributed by atoms with E-state index >= 15 is 0 Å². The van der Waals surface area contributed by atoms with E-state index in [-0.39, 0.29) is 24.3 Å². The standard InChI is InChI=1S/C20H19FN2O3/c1-12(2)18(13-7-9-14(21)10-8-13)22-17(24)11-23-19(25)15-5-3-4-6-16(15)20(23)26/h3-10,12,18H,11H2,1-2H3,(H,22,24). The Labute approximate surface area is 150 Å². The molecule has 1 N–H and O–H groups in total. The molecule has 1 unspecified atom stereocenters. The van der Waals surface area contributed by atoms with Crippen LogP contribution in [0.4, 0.5) is 4.39 Å². The van der Waals surface area contributed by atoms with Gasteiger partial charge in [-0.25, -0.2) is 4.39 Å². The van der Waals surface area contributed by atoms with Crippen molar-refractivity contribution in [1.82, 2.24) is 10.2 Å². The van der Waals surface area contributed by atoms with Gasteiger partial charge in [0.25, 0.3) is 11.8 Å². The minimum absolute atomic E-state index is 0.0478. The first-order chi connectivity index (χ1) is 12.4. The Balaban J connectivity index is 1.73. The molecule has 0 bridgehead atoms. The third-order valence-corrected chi connectivity index (χ3v) is 4.39. The lowest BCUT2D eigenvalue weighted by Crippen LogP contribution is -2.42. The summed E-state index contributed by atoms with van der Waals surface area (Å²) in [5, 5.41) is 2.84. The summed E-state index contributed by atoms with van der Waals surface area (Å²) in [6.45, 7) is 3.50. The van der Waals surface area contributed by atoms with Crippen LogP contribution in [0, 0.1) is 11.7 Å². The number of nitrogens with one attached hydrogen (secondary N) is 1. The number of hydrogen-bond donors (Lipinski definition) is 1. The molecule has 6 heteroatoms. The zero-order chi connectivity index (χ0) is 18.8. The molecule has 3 amide bonds. The molecule has 0 saturated heterocycles. The Bertz CT molecular complexity index is 827. The molecule has 0 saturated carbocycles. The quantitative estimate of drug-likeness (QED) is 0.840. The summed E-state index contributed by atoms with van der Waals surface area (Å²) >= 11 is 0. The van der Waals surface area contributed by atoms with Gasteiger partial charge in [0, 0.05) is 0 Å². The summed E-state index contributed by atoms with van der Waals surface area (Å²) in [6, 6.07) is 12.0. The largest absolute Gasteiger partial charge is 0.347 e. The maximum absolute atomic E-state index is 13.1. The van der Waals surface area contributed by atoms with Crippen molar-refractivity contribution in [2.75, 3.05) is 6.54 Å². The van der Waals surface area contributed by atoms with E-state index in [0.717, 1.165) is 10.5 Å². The molecule has 134 valence electrons. The van der Waals surface area contributed by atoms with Gasteiger partial charge in [0.1, 0.15) is 12.4 Å². The second-order valence-electron chi connectivity index (χ2n) is 6.58. The predicted octanol–water partition coefficient (Wildman–Crippen LogP) is 2.94. The molecular formula is C20H19FN2O3. The number of fused-ring (bicyclic) bond motifs is 1. The number of amides is 3. The molecule has 0 radical (unpaired) electrons. The molecule has 0 spiro atoms. The molecule has 3 rings (SSSR count). The van der Waals surface area contributed by atoms with Crippen LogP contribution in [-0.4, -0.2) is 29.2 Å². The molecule has 1 aliphatic heterocycles. The zero-order valence-corrected chi connectivity index (χ0v) is 14.5. The first-order valence-electron chi connectivity index (χ1n) is 8.38. The Morgan fingerprint density at radius 3 is 2.04 bits per heavy atom. The number of carbonyl (C=O) groups is 3. The molecule has 26 heavy (non-hydrogen) atoms. The fraction of sp³-hybridized carbons (Fsp3) is 0.250. The number of carbonyl (C=O) groups excluding carboxylic acids is 3. The molecular weight excluding hydrogens is 335 g/mol. The van der Waals surface area contributed by atoms with E-state index in [1.54, 1.807) is 36.4 Å². The summed E-state index contributed by atoms with van der Waals surface area (Å²) in [5.74, 6) is -1.69. The average molecular weight is 354 g/mol. The second kappa shape index (κ2) is 7.07. The van der Waals surface area contributed by atoms with Crippen molar-refractivity contribution in [2.45, 2.75) is 19.9 Å². The van der Waals surface area contributed by atoms with Crippen LogP contribution < -0.4 is 5.32 Å². The van der Waals surface area contributed by atoms with Gasteiger partial charge in [-0.05, 0) is 35.7 Å². The Morgan fingerprint density at radius 2 is 1.54 bits per heavy atom. The normalized spacial score (nSPS) is 14.5. The third kappa shape index (κ3) is 3.35. The molecule has 0 aromatic heterocycles. The van der Waals surface area contributed by atoms with Gasteiger partial charge in [0.05, 0.1) is 17.2 Å². The van der Waals surface area contributed by atoms with Gasteiger partial charge in [-0.1, -0.05) is 38.1 Å². The highest BCUT2D eigenvalue weighted by Crippen LogP contribution is 2.24. The van der Waals surface area contributed by atoms with Crippen molar-refractivity contribution in [3.8, 4) is 0 Å². The van der Waals surface area contributed by atoms with Crippen molar-refractivity contribution in [2.24, 2.45) is 5.92 Å². The first-order valence-corrected chi connectivity index (χ1v) is 8.38. The number of benzene rings is 2. The molecule has 1 aliphatic rings. The zero-order valence-electron chi connectivity index (χ0n) is 14.5. The van der Waals surface area contributed by atoms with Crippen LogP contribution in [0.2, 0.25) is 0 Å². The number of rotatable bonds is 5. The van der Waals surface area contributed by atoms with Gasteiger partial charge >= 0.3 is 0 Å². The fourth-order valence-corrected chi connectivity index (χ4v) is 3.05. The monoisotopic (exact) mass is 354 g/mol. The summed E-state index contributed by atoms with van der Waals surface area (Å²) in [5.41, 5.74) is 1.38. The summed E-state index contributed by atoms with van der Waals surface area (Å²) in [7, 11) is 0. The summed E-state index contributed by atoms with van der Waals surface area (Å²) in [6.07, 6.45) is 0. The molecule has 2 aromatic rings. The molecule has 0 aliphatic carbocycles. The van der Waals surface area contributed by atoms with Gasteiger partial charge in [-0.2, -0.15) is 0 Å². The fourth-order valence-electron chi connectivity index (χ4n) is 3.05. The molecule has 1 heterocycles. The maximum Gasteiger partial charge on any atom is 0.262 e. The van der Waals surface area contributed by atoms with E-state index in [4.69, 9.17) is 0 Å². The highest BCUT2D eigenvalue weighted by Gasteiger charge is 2.36. The third-order valence-electron chi connectivity index (χ3n) is 4.39. The molecule has 2 aromatic carbocycles. The molecule has 5 nitrogen and oxygen atoms in total. The molecule has 0 fully saturated rings. The van der Waals surface area contributed by atoms with E-state index in [2.05, 4.69) is 5.32 Å². The highest BCUT2D eigenvalue weighted by atomic mass is 19.1. The first kappa shape index (κ1) is 17.8. The Hall–Kier alpha value is -3.02. The van der Waals surface area contributed by atoms with Gasteiger partial charge in [-0.3, -0.25) is 19.3 Å². The van der Waals surface area contributed by atoms with Crippen molar-refractivity contribution in [3.63, 3.8) is 0 Å². The lowest BCUT2D eigenvalue weighted by atomic mass is 9.96. The minimum Gasteiger partial charge on any atom is -0.347 e. The van der Waals surface area contributed by atoms with Crippen molar-refractivity contribution < 1.29 is 18.8 Å². The van der Waals surface area contributed by atoms with Crippen LogP contribution in [0.3, 0.4) is 0 Å². The summed E-state index contributed by atoms with van der Waals surface area (Å²) < 4.78 is 13.1. The van der Waals surface area contributed by atoms with Crippen LogP contribution >= 0.6 is 0 Å². The van der Waals surface area contributed by atoms with Crippen LogP contribution in [-0.2, 0) is 4.79 Å². The lowest BCUT2D eigenvalue weighted by Gasteiger charge is -2.24. The van der Waals surface area contributed by atoms with E-state index in [9.17, 15) is 18.8 Å². The Kier molecular flexibility index (Phi) is 4.84. The summed E-state index contributed by atoms with van der Waals surface area (Å²) in [4.78, 5) is 38.1. The second-order valence-corrected chi connectivity index (χ2v) is 6.58. The topological polar surface area (TPSA) is 66.5 Å². The van der Waals surface area contributed by atoms with Crippen LogP contribution in [0.25, 0.3) is 0 Å². The van der Waals surface area contributed by atoms with E-state index in [1.807, 2.05) is 13.8 Å². The van der Waals surface area contributed by atoms with E-state index in [0.29, 0.717) is 11.1 Å². The van der Waals surface area contributed by atoms with Crippen LogP contribution in [0.5, 0.6) is 0 Å². The van der Waals surface area contributed by atoms with Gasteiger partial charge < -0.3 is 5.32 Å². The average Bonchev–Trinajstić information content (AvgIpc) is 2.86. The number of imide groups is 1. The maximum atomic E-state index is 13.1. The lowest BCUT2D eigenvalue weighted by molar-refractivity contribution is -0.122. The van der Waals surface area contributed by atoms with Gasteiger partial charge in [0.2, 0.25) is 5.91 Å². The van der Waals surface area contributed by atoms with E-state index in [1.165, 1.54) is 12.1 Å². The van der Waals surface area contributed by atoms with Crippen molar-refractivity contribution in [1.29, 1.82) is 0 Å². The van der Waals surface area contributed by atoms with Crippen LogP contribution in [0.1, 0.15) is 46.2 Å². The highest BCUT2D eigenvalue weighted by molar-refractivity contribution is 6.22. The SMILES string of the molecule is CC(C)C(NC(=O)CN1C(=O)c2ccccc2C1=O)c1ccc(F)cc1. The van der Waals surface area contributed by atoms with Crippen molar-refractivity contribution in [3.05, 3.63) is 71.0 Å². The van der Waals surface area contributed by atoms with E-state index < -0.39 is 17.7 Å². The number of nitrogens with zero attached hydrogens (tertiary/aromatic N) is 1. The smallest absolute Gasteiger partial charge is 0.262 e. The number of hydrogen-bond acceptors (Lipinski definition) is 3. The molecule has 1 atom stereocenters. The van der Waals surface area contributed by atoms with Crippen molar-refractivity contribution >= 4 is 17.7 Å². The van der Waals surface area contributed by atoms with Gasteiger partial charge in [0.15, 0.2) is 0 Å². The van der Waals surface area contributed by atoms with Crippen LogP contribution in [0.15, 0.2) is 48.5 Å².